The molecule has 0 aliphatic carbocycles. The van der Waals surface area contributed by atoms with Crippen LogP contribution in [-0.4, -0.2) is 0 Å². The molecule has 2 aromatic rings. The predicted molar refractivity (Wildman–Crippen MR) is 82.7 cm³/mol. The van der Waals surface area contributed by atoms with Crippen LogP contribution in [0.1, 0.15) is 27.1 Å². The van der Waals surface area contributed by atoms with Gasteiger partial charge in [0.05, 0.1) is 0 Å². The molecule has 0 aliphatic heterocycles. The number of halogens is 2. The van der Waals surface area contributed by atoms with Gasteiger partial charge in [-0.05, 0) is 43.0 Å². The Balaban J connectivity index is 2.22. The lowest BCUT2D eigenvalue weighted by molar-refractivity contribution is 0.936. The van der Waals surface area contributed by atoms with Crippen LogP contribution in [0.25, 0.3) is 0 Å². The highest BCUT2D eigenvalue weighted by Crippen LogP contribution is 2.32. The molecule has 2 rings (SSSR count). The molecule has 0 spiro atoms. The van der Waals surface area contributed by atoms with Crippen molar-refractivity contribution in [2.24, 2.45) is 0 Å². The van der Waals surface area contributed by atoms with Crippen molar-refractivity contribution in [2.45, 2.75) is 25.1 Å². The zero-order valence-electron chi connectivity index (χ0n) is 10.6. The molecule has 0 amide bonds. The Bertz CT molecular complexity index is 549. The van der Waals surface area contributed by atoms with Gasteiger partial charge in [-0.1, -0.05) is 69.5 Å². The van der Waals surface area contributed by atoms with Crippen LogP contribution in [0.3, 0.4) is 0 Å². The molecule has 18 heavy (non-hydrogen) atoms. The molecule has 0 aliphatic rings. The molecule has 0 radical (unpaired) electrons. The first-order chi connectivity index (χ1) is 8.58. The minimum Gasteiger partial charge on any atom is -0.0840 e. The summed E-state index contributed by atoms with van der Waals surface area (Å²) in [5.41, 5.74) is 5.07. The van der Waals surface area contributed by atoms with E-state index in [1.54, 1.807) is 0 Å². The third kappa shape index (κ3) is 3.15. The fourth-order valence-corrected chi connectivity index (χ4v) is 3.17. The molecule has 0 bridgehead atoms. The molecule has 2 aromatic carbocycles. The lowest BCUT2D eigenvalue weighted by atomic mass is 9.99. The Morgan fingerprint density at radius 3 is 2.56 bits per heavy atom. The first kappa shape index (κ1) is 13.6. The van der Waals surface area contributed by atoms with Gasteiger partial charge in [0.1, 0.15) is 0 Å². The Labute approximate surface area is 122 Å². The highest BCUT2D eigenvalue weighted by atomic mass is 79.9. The standard InChI is InChI=1S/C16H16BrCl/c1-11-5-3-6-13(9-11)10-15(17)14-7-4-8-16(18)12(14)2/h3-9,15H,10H2,1-2H3. The number of alkyl halides is 1. The van der Waals surface area contributed by atoms with Crippen LogP contribution in [0.15, 0.2) is 42.5 Å². The van der Waals surface area contributed by atoms with Gasteiger partial charge < -0.3 is 0 Å². The minimum atomic E-state index is 0.304. The minimum absolute atomic E-state index is 0.304. The lowest BCUT2D eigenvalue weighted by Crippen LogP contribution is -1.98. The number of hydrogen-bond donors (Lipinski definition) is 0. The number of rotatable bonds is 3. The van der Waals surface area contributed by atoms with Crippen LogP contribution in [0.2, 0.25) is 5.02 Å². The SMILES string of the molecule is Cc1cccc(CC(Br)c2cccc(Cl)c2C)c1. The predicted octanol–water partition coefficient (Wildman–Crippen LogP) is 5.64. The normalized spacial score (nSPS) is 12.4. The topological polar surface area (TPSA) is 0 Å². The molecule has 0 saturated heterocycles. The quantitative estimate of drug-likeness (QED) is 0.642. The third-order valence-electron chi connectivity index (χ3n) is 3.14. The summed E-state index contributed by atoms with van der Waals surface area (Å²) < 4.78 is 0. The van der Waals surface area contributed by atoms with Gasteiger partial charge in [0, 0.05) is 9.85 Å². The van der Waals surface area contributed by atoms with Gasteiger partial charge in [-0.15, -0.1) is 0 Å². The average Bonchev–Trinajstić information content (AvgIpc) is 2.32. The van der Waals surface area contributed by atoms with Gasteiger partial charge in [-0.3, -0.25) is 0 Å². The van der Waals surface area contributed by atoms with Crippen LogP contribution in [0, 0.1) is 13.8 Å². The Morgan fingerprint density at radius 2 is 1.83 bits per heavy atom. The maximum Gasteiger partial charge on any atom is 0.0438 e. The van der Waals surface area contributed by atoms with E-state index in [1.807, 2.05) is 12.1 Å². The second-order valence-corrected chi connectivity index (χ2v) is 6.13. The van der Waals surface area contributed by atoms with E-state index in [1.165, 1.54) is 16.7 Å². The van der Waals surface area contributed by atoms with Crippen molar-refractivity contribution in [1.82, 2.24) is 0 Å². The molecule has 0 nitrogen and oxygen atoms in total. The lowest BCUT2D eigenvalue weighted by Gasteiger charge is -2.14. The fraction of sp³-hybridized carbons (Fsp3) is 0.250. The van der Waals surface area contributed by atoms with Crippen molar-refractivity contribution in [2.75, 3.05) is 0 Å². The van der Waals surface area contributed by atoms with E-state index in [-0.39, 0.29) is 0 Å². The van der Waals surface area contributed by atoms with Crippen LogP contribution < -0.4 is 0 Å². The van der Waals surface area contributed by atoms with Gasteiger partial charge in [0.15, 0.2) is 0 Å². The Hall–Kier alpha value is -0.790. The van der Waals surface area contributed by atoms with Crippen LogP contribution in [0.5, 0.6) is 0 Å². The van der Waals surface area contributed by atoms with Gasteiger partial charge in [0.25, 0.3) is 0 Å². The molecule has 0 aromatic heterocycles. The summed E-state index contributed by atoms with van der Waals surface area (Å²) in [4.78, 5) is 0.304. The van der Waals surface area contributed by atoms with E-state index in [4.69, 9.17) is 11.6 Å². The van der Waals surface area contributed by atoms with E-state index >= 15 is 0 Å². The van der Waals surface area contributed by atoms with E-state index < -0.39 is 0 Å². The second kappa shape index (κ2) is 5.90. The van der Waals surface area contributed by atoms with Gasteiger partial charge >= 0.3 is 0 Å². The van der Waals surface area contributed by atoms with E-state index in [9.17, 15) is 0 Å². The van der Waals surface area contributed by atoms with Gasteiger partial charge in [-0.25, -0.2) is 0 Å². The maximum absolute atomic E-state index is 6.17. The first-order valence-electron chi connectivity index (χ1n) is 6.02. The summed E-state index contributed by atoms with van der Waals surface area (Å²) >= 11 is 9.94. The molecule has 94 valence electrons. The average molecular weight is 324 g/mol. The molecule has 0 heterocycles. The van der Waals surface area contributed by atoms with Crippen molar-refractivity contribution in [3.8, 4) is 0 Å². The van der Waals surface area contributed by atoms with E-state index in [0.717, 1.165) is 17.0 Å². The zero-order valence-corrected chi connectivity index (χ0v) is 12.9. The van der Waals surface area contributed by atoms with Crippen molar-refractivity contribution < 1.29 is 0 Å². The summed E-state index contributed by atoms with van der Waals surface area (Å²) in [5.74, 6) is 0. The highest BCUT2D eigenvalue weighted by molar-refractivity contribution is 9.09. The second-order valence-electron chi connectivity index (χ2n) is 4.61. The largest absolute Gasteiger partial charge is 0.0840 e. The summed E-state index contributed by atoms with van der Waals surface area (Å²) in [6, 6.07) is 14.7. The molecule has 1 unspecified atom stereocenters. The molecule has 1 atom stereocenters. The van der Waals surface area contributed by atoms with Crippen molar-refractivity contribution in [3.05, 3.63) is 69.7 Å². The maximum atomic E-state index is 6.17. The summed E-state index contributed by atoms with van der Waals surface area (Å²) in [6.45, 7) is 4.19. The van der Waals surface area contributed by atoms with Gasteiger partial charge in [0.2, 0.25) is 0 Å². The van der Waals surface area contributed by atoms with Crippen LogP contribution in [-0.2, 0) is 6.42 Å². The van der Waals surface area contributed by atoms with Crippen LogP contribution in [0.4, 0.5) is 0 Å². The van der Waals surface area contributed by atoms with Crippen molar-refractivity contribution >= 4 is 27.5 Å². The third-order valence-corrected chi connectivity index (χ3v) is 4.37. The molecule has 0 N–H and O–H groups in total. The zero-order chi connectivity index (χ0) is 13.1. The smallest absolute Gasteiger partial charge is 0.0438 e. The number of benzene rings is 2. The van der Waals surface area contributed by atoms with E-state index in [2.05, 4.69) is 60.1 Å². The summed E-state index contributed by atoms with van der Waals surface area (Å²) in [6.07, 6.45) is 0.975. The van der Waals surface area contributed by atoms with Gasteiger partial charge in [-0.2, -0.15) is 0 Å². The Morgan fingerprint density at radius 1 is 1.11 bits per heavy atom. The fourth-order valence-electron chi connectivity index (χ4n) is 2.12. The number of hydrogen-bond acceptors (Lipinski definition) is 0. The molecular formula is C16H16BrCl. The first-order valence-corrected chi connectivity index (χ1v) is 7.32. The summed E-state index contributed by atoms with van der Waals surface area (Å²) in [5, 5.41) is 0.834. The highest BCUT2D eigenvalue weighted by Gasteiger charge is 2.12. The summed E-state index contributed by atoms with van der Waals surface area (Å²) in [7, 11) is 0. The Kier molecular flexibility index (Phi) is 4.47. The molecule has 2 heteroatoms. The van der Waals surface area contributed by atoms with Crippen LogP contribution >= 0.6 is 27.5 Å². The number of aryl methyl sites for hydroxylation is 1. The van der Waals surface area contributed by atoms with Crippen molar-refractivity contribution in [3.63, 3.8) is 0 Å². The van der Waals surface area contributed by atoms with Crippen molar-refractivity contribution in [1.29, 1.82) is 0 Å². The molecule has 0 saturated carbocycles. The van der Waals surface area contributed by atoms with E-state index in [0.29, 0.717) is 4.83 Å². The molecule has 0 fully saturated rings. The molecular weight excluding hydrogens is 308 g/mol. The monoisotopic (exact) mass is 322 g/mol.